The first-order valence-electron chi connectivity index (χ1n) is 9.45. The van der Waals surface area contributed by atoms with Crippen molar-refractivity contribution in [3.05, 3.63) is 41.5 Å². The lowest BCUT2D eigenvalue weighted by Gasteiger charge is -2.14. The van der Waals surface area contributed by atoms with Crippen LogP contribution in [0.2, 0.25) is 0 Å². The molecule has 0 spiro atoms. The molecule has 2 atom stereocenters. The Labute approximate surface area is 177 Å². The molecular weight excluding hydrogens is 408 g/mol. The summed E-state index contributed by atoms with van der Waals surface area (Å²) in [4.78, 5) is 27.4. The molecule has 0 fully saturated rings. The smallest absolute Gasteiger partial charge is 0.326 e. The van der Waals surface area contributed by atoms with E-state index in [0.717, 1.165) is 5.56 Å². The maximum absolute atomic E-state index is 12.0. The molecule has 1 aromatic heterocycles. The van der Waals surface area contributed by atoms with Crippen LogP contribution < -0.4 is 27.4 Å². The van der Waals surface area contributed by atoms with E-state index < -0.39 is 24.1 Å². The second-order valence-electron chi connectivity index (χ2n) is 6.72. The van der Waals surface area contributed by atoms with E-state index in [1.54, 1.807) is 24.3 Å². The average molecular weight is 434 g/mol. The number of carbonyl (C=O) groups is 2. The van der Waals surface area contributed by atoms with Crippen LogP contribution in [0.15, 0.2) is 28.8 Å². The quantitative estimate of drug-likeness (QED) is 0.129. The van der Waals surface area contributed by atoms with Crippen LogP contribution in [0, 0.1) is 5.41 Å². The molecule has 1 aromatic carbocycles. The van der Waals surface area contributed by atoms with E-state index in [4.69, 9.17) is 21.4 Å². The van der Waals surface area contributed by atoms with E-state index in [9.17, 15) is 19.8 Å². The van der Waals surface area contributed by atoms with Gasteiger partial charge in [-0.1, -0.05) is 17.3 Å². The Hall–Kier alpha value is -3.87. The van der Waals surface area contributed by atoms with Crippen LogP contribution in [0.5, 0.6) is 5.75 Å². The van der Waals surface area contributed by atoms with Crippen molar-refractivity contribution >= 4 is 18.0 Å². The molecule has 0 aliphatic heterocycles. The van der Waals surface area contributed by atoms with Gasteiger partial charge in [-0.15, -0.1) is 0 Å². The number of hydrogen-bond acceptors (Lipinski definition) is 8. The highest BCUT2D eigenvalue weighted by Crippen LogP contribution is 2.16. The van der Waals surface area contributed by atoms with Gasteiger partial charge in [0.25, 0.3) is 0 Å². The molecule has 0 aliphatic carbocycles. The topological polar surface area (TPSA) is 225 Å². The molecule has 1 heterocycles. The third kappa shape index (κ3) is 8.18. The molecule has 168 valence electrons. The molecule has 10 N–H and O–H groups in total. The highest BCUT2D eigenvalue weighted by molar-refractivity contribution is 5.82. The van der Waals surface area contributed by atoms with Crippen LogP contribution in [0.3, 0.4) is 0 Å². The Bertz CT molecular complexity index is 885. The average Bonchev–Trinajstić information content (AvgIpc) is 3.19. The van der Waals surface area contributed by atoms with Crippen LogP contribution in [-0.2, 0) is 17.8 Å². The van der Waals surface area contributed by atoms with E-state index in [0.29, 0.717) is 19.4 Å². The zero-order valence-corrected chi connectivity index (χ0v) is 16.7. The number of amides is 2. The molecule has 2 amide bonds. The summed E-state index contributed by atoms with van der Waals surface area (Å²) in [6.07, 6.45) is 0.967. The normalized spacial score (nSPS) is 12.5. The number of rotatable bonds is 11. The van der Waals surface area contributed by atoms with Crippen molar-refractivity contribution in [2.75, 3.05) is 6.54 Å². The molecule has 0 radical (unpaired) electrons. The molecular formula is C18H26N8O5. The Morgan fingerprint density at radius 1 is 1.23 bits per heavy atom. The maximum Gasteiger partial charge on any atom is 0.326 e. The van der Waals surface area contributed by atoms with Gasteiger partial charge in [0.05, 0.1) is 12.6 Å². The molecule has 13 nitrogen and oxygen atoms in total. The van der Waals surface area contributed by atoms with Gasteiger partial charge in [-0.25, -0.2) is 9.59 Å². The molecule has 0 saturated carbocycles. The first kappa shape index (κ1) is 23.4. The zero-order chi connectivity index (χ0) is 22.8. The predicted molar refractivity (Wildman–Crippen MR) is 109 cm³/mol. The van der Waals surface area contributed by atoms with Gasteiger partial charge in [0.2, 0.25) is 5.89 Å². The predicted octanol–water partition coefficient (Wildman–Crippen LogP) is -0.467. The van der Waals surface area contributed by atoms with Gasteiger partial charge in [-0.2, -0.15) is 4.98 Å². The van der Waals surface area contributed by atoms with Gasteiger partial charge >= 0.3 is 12.0 Å². The summed E-state index contributed by atoms with van der Waals surface area (Å²) in [5.41, 5.74) is 12.1. The molecule has 31 heavy (non-hydrogen) atoms. The third-order valence-corrected chi connectivity index (χ3v) is 4.20. The maximum atomic E-state index is 12.0. The minimum atomic E-state index is -1.18. The number of phenolic OH excluding ortho intramolecular Hbond substituents is 1. The zero-order valence-electron chi connectivity index (χ0n) is 16.7. The van der Waals surface area contributed by atoms with Crippen LogP contribution in [-0.4, -0.2) is 50.9 Å². The number of aliphatic carboxylic acids is 1. The number of aromatic nitrogens is 2. The van der Waals surface area contributed by atoms with E-state index in [2.05, 4.69) is 26.1 Å². The summed E-state index contributed by atoms with van der Waals surface area (Å²) in [6, 6.07) is 4.21. The fourth-order valence-corrected chi connectivity index (χ4v) is 2.62. The summed E-state index contributed by atoms with van der Waals surface area (Å²) in [7, 11) is 0. The van der Waals surface area contributed by atoms with Crippen molar-refractivity contribution in [3.63, 3.8) is 0 Å². The van der Waals surface area contributed by atoms with Gasteiger partial charge in [-0.3, -0.25) is 5.41 Å². The fraction of sp³-hybridized carbons (Fsp3) is 0.389. The lowest BCUT2D eigenvalue weighted by atomic mass is 10.1. The van der Waals surface area contributed by atoms with Crippen molar-refractivity contribution < 1.29 is 24.3 Å². The number of benzene rings is 1. The molecule has 0 bridgehead atoms. The van der Waals surface area contributed by atoms with E-state index >= 15 is 0 Å². The number of aromatic hydroxyl groups is 1. The summed E-state index contributed by atoms with van der Waals surface area (Å²) >= 11 is 0. The number of carbonyl (C=O) groups excluding carboxylic acids is 1. The minimum absolute atomic E-state index is 0.108. The van der Waals surface area contributed by atoms with Crippen LogP contribution in [0.1, 0.15) is 36.2 Å². The third-order valence-electron chi connectivity index (χ3n) is 4.20. The van der Waals surface area contributed by atoms with Crippen molar-refractivity contribution in [2.45, 2.75) is 37.9 Å². The molecule has 0 saturated heterocycles. The molecule has 2 rings (SSSR count). The van der Waals surface area contributed by atoms with Crippen LogP contribution in [0.25, 0.3) is 0 Å². The van der Waals surface area contributed by atoms with Crippen molar-refractivity contribution in [2.24, 2.45) is 11.5 Å². The SMILES string of the molecule is N=C(N)NCCCC(NC(=O)NCc1nc([C@@H](N)Cc2ccc(O)cc2)no1)C(=O)O. The Balaban J connectivity index is 1.79. The van der Waals surface area contributed by atoms with Crippen molar-refractivity contribution in [1.82, 2.24) is 26.1 Å². The molecule has 13 heteroatoms. The van der Waals surface area contributed by atoms with Gasteiger partial charge in [0.1, 0.15) is 11.8 Å². The number of nitrogens with one attached hydrogen (secondary N) is 4. The number of hydrogen-bond donors (Lipinski definition) is 8. The van der Waals surface area contributed by atoms with Crippen LogP contribution in [0.4, 0.5) is 4.79 Å². The van der Waals surface area contributed by atoms with Crippen molar-refractivity contribution in [3.8, 4) is 5.75 Å². The van der Waals surface area contributed by atoms with E-state index in [1.165, 1.54) is 0 Å². The summed E-state index contributed by atoms with van der Waals surface area (Å²) in [5.74, 6) is -0.866. The second kappa shape index (κ2) is 11.3. The standard InChI is InChI=1S/C18H26N8O5/c19-12(8-10-3-5-11(27)6-4-10)15-25-14(31-26-15)9-23-18(30)24-13(16(28)29)2-1-7-22-17(20)21/h3-6,12-13,27H,1-2,7-9,19H2,(H,28,29)(H4,20,21,22)(H2,23,24,30)/t12-,13?/m0/s1. The van der Waals surface area contributed by atoms with E-state index in [1.807, 2.05) is 0 Å². The van der Waals surface area contributed by atoms with Gasteiger partial charge < -0.3 is 42.2 Å². The highest BCUT2D eigenvalue weighted by atomic mass is 16.5. The summed E-state index contributed by atoms with van der Waals surface area (Å²) in [5, 5.41) is 36.7. The molecule has 0 aliphatic rings. The largest absolute Gasteiger partial charge is 0.508 e. The Morgan fingerprint density at radius 2 is 1.94 bits per heavy atom. The van der Waals surface area contributed by atoms with Gasteiger partial charge in [0.15, 0.2) is 11.8 Å². The number of carboxylic acids is 1. The number of phenols is 1. The first-order chi connectivity index (χ1) is 14.7. The van der Waals surface area contributed by atoms with Crippen molar-refractivity contribution in [1.29, 1.82) is 5.41 Å². The summed E-state index contributed by atoms with van der Waals surface area (Å²) < 4.78 is 5.07. The number of guanidine groups is 1. The summed E-state index contributed by atoms with van der Waals surface area (Å²) in [6.45, 7) is 0.209. The van der Waals surface area contributed by atoms with Crippen LogP contribution >= 0.6 is 0 Å². The van der Waals surface area contributed by atoms with E-state index in [-0.39, 0.29) is 36.4 Å². The Kier molecular flexibility index (Phi) is 8.57. The fourth-order valence-electron chi connectivity index (χ4n) is 2.62. The van der Waals surface area contributed by atoms with Gasteiger partial charge in [-0.05, 0) is 37.0 Å². The Morgan fingerprint density at radius 3 is 2.58 bits per heavy atom. The number of urea groups is 1. The number of nitrogens with two attached hydrogens (primary N) is 2. The number of carboxylic acid groups (broad SMARTS) is 1. The monoisotopic (exact) mass is 434 g/mol. The lowest BCUT2D eigenvalue weighted by Crippen LogP contribution is -2.46. The lowest BCUT2D eigenvalue weighted by molar-refractivity contribution is -0.139. The number of nitrogens with zero attached hydrogens (tertiary/aromatic N) is 2. The second-order valence-corrected chi connectivity index (χ2v) is 6.72. The first-order valence-corrected chi connectivity index (χ1v) is 9.45. The molecule has 2 aromatic rings. The highest BCUT2D eigenvalue weighted by Gasteiger charge is 2.20. The minimum Gasteiger partial charge on any atom is -0.508 e. The van der Waals surface area contributed by atoms with Gasteiger partial charge in [0, 0.05) is 6.54 Å². The molecule has 1 unspecified atom stereocenters.